The molecule has 120 valence electrons. The Morgan fingerprint density at radius 2 is 2.00 bits per heavy atom. The first-order valence-electron chi connectivity index (χ1n) is 8.72. The van der Waals surface area contributed by atoms with Gasteiger partial charge in [0.25, 0.3) is 0 Å². The van der Waals surface area contributed by atoms with Gasteiger partial charge in [-0.1, -0.05) is 38.4 Å². The van der Waals surface area contributed by atoms with Crippen LogP contribution in [-0.4, -0.2) is 18.1 Å². The predicted molar refractivity (Wildman–Crippen MR) is 86.5 cm³/mol. The smallest absolute Gasteiger partial charge is 0.155 e. The number of hydrogen-bond donors (Lipinski definition) is 0. The van der Waals surface area contributed by atoms with Crippen LogP contribution in [0.2, 0.25) is 0 Å². The third-order valence-electron chi connectivity index (χ3n) is 7.35. The highest BCUT2D eigenvalue weighted by atomic mass is 16.6. The normalized spacial score (nSPS) is 48.8. The molecule has 0 radical (unpaired) electrons. The molecule has 2 fully saturated rings. The molecule has 0 aromatic carbocycles. The van der Waals surface area contributed by atoms with Crippen LogP contribution < -0.4 is 0 Å². The number of oxime groups is 1. The second-order valence-corrected chi connectivity index (χ2v) is 9.06. The van der Waals surface area contributed by atoms with Crippen molar-refractivity contribution in [1.29, 1.82) is 0 Å². The van der Waals surface area contributed by atoms with Gasteiger partial charge in [0.2, 0.25) is 0 Å². The summed E-state index contributed by atoms with van der Waals surface area (Å²) in [6, 6.07) is 0. The number of carbonyl (C=O) groups excluding carboxylic acids is 1. The van der Waals surface area contributed by atoms with Crippen molar-refractivity contribution in [3.05, 3.63) is 11.6 Å². The van der Waals surface area contributed by atoms with Crippen molar-refractivity contribution in [3.8, 4) is 0 Å². The zero-order valence-electron chi connectivity index (χ0n) is 14.2. The molecule has 3 nitrogen and oxygen atoms in total. The monoisotopic (exact) mass is 301 g/mol. The molecule has 0 N–H and O–H groups in total. The highest BCUT2D eigenvalue weighted by Gasteiger charge is 2.62. The Balaban J connectivity index is 1.84. The van der Waals surface area contributed by atoms with Crippen LogP contribution >= 0.6 is 0 Å². The highest BCUT2D eigenvalue weighted by molar-refractivity contribution is 5.92. The van der Waals surface area contributed by atoms with E-state index in [0.717, 1.165) is 19.3 Å². The van der Waals surface area contributed by atoms with Gasteiger partial charge in [-0.05, 0) is 48.5 Å². The number of fused-ring (bicyclic) bond motifs is 4. The van der Waals surface area contributed by atoms with Crippen LogP contribution in [-0.2, 0) is 9.63 Å². The Labute approximate surface area is 133 Å². The molecule has 5 atom stereocenters. The van der Waals surface area contributed by atoms with E-state index < -0.39 is 0 Å². The van der Waals surface area contributed by atoms with Gasteiger partial charge in [-0.25, -0.2) is 0 Å². The summed E-state index contributed by atoms with van der Waals surface area (Å²) in [7, 11) is 0. The maximum absolute atomic E-state index is 12.1. The molecule has 4 aliphatic rings. The Morgan fingerprint density at radius 1 is 1.23 bits per heavy atom. The lowest BCUT2D eigenvalue weighted by Gasteiger charge is -2.62. The summed E-state index contributed by atoms with van der Waals surface area (Å²) in [4.78, 5) is 17.9. The number of hydrogen-bond acceptors (Lipinski definition) is 3. The van der Waals surface area contributed by atoms with Gasteiger partial charge in [-0.3, -0.25) is 4.79 Å². The molecule has 1 heterocycles. The van der Waals surface area contributed by atoms with E-state index in [1.807, 2.05) is 12.3 Å². The Kier molecular flexibility index (Phi) is 2.79. The van der Waals surface area contributed by atoms with Crippen molar-refractivity contribution in [2.45, 2.75) is 65.9 Å². The van der Waals surface area contributed by atoms with Gasteiger partial charge in [-0.2, -0.15) is 0 Å². The molecule has 3 aliphatic carbocycles. The van der Waals surface area contributed by atoms with Gasteiger partial charge < -0.3 is 4.84 Å². The molecule has 2 unspecified atom stereocenters. The lowest BCUT2D eigenvalue weighted by molar-refractivity contribution is -0.138. The van der Waals surface area contributed by atoms with Crippen molar-refractivity contribution in [3.63, 3.8) is 0 Å². The average molecular weight is 301 g/mol. The summed E-state index contributed by atoms with van der Waals surface area (Å²) in [5, 5.41) is 4.14. The molecular formula is C19H27NO2. The second-order valence-electron chi connectivity index (χ2n) is 9.06. The number of carbonyl (C=O) groups is 1. The summed E-state index contributed by atoms with van der Waals surface area (Å²) >= 11 is 0. The van der Waals surface area contributed by atoms with Gasteiger partial charge in [0.15, 0.2) is 5.78 Å². The highest BCUT2D eigenvalue weighted by Crippen LogP contribution is 2.67. The van der Waals surface area contributed by atoms with E-state index in [9.17, 15) is 4.79 Å². The quantitative estimate of drug-likeness (QED) is 0.675. The summed E-state index contributed by atoms with van der Waals surface area (Å²) in [6.07, 6.45) is 9.48. The van der Waals surface area contributed by atoms with Crippen LogP contribution in [0.15, 0.2) is 16.8 Å². The van der Waals surface area contributed by atoms with Gasteiger partial charge in [-0.15, -0.1) is 0 Å². The van der Waals surface area contributed by atoms with Crippen LogP contribution in [0, 0.1) is 28.1 Å². The van der Waals surface area contributed by atoms with Crippen LogP contribution in [0.1, 0.15) is 59.8 Å². The number of rotatable bonds is 0. The predicted octanol–water partition coefficient (Wildman–Crippen LogP) is 4.13. The van der Waals surface area contributed by atoms with E-state index in [1.165, 1.54) is 18.4 Å². The van der Waals surface area contributed by atoms with Gasteiger partial charge in [0.1, 0.15) is 6.10 Å². The Morgan fingerprint density at radius 3 is 2.77 bits per heavy atom. The van der Waals surface area contributed by atoms with E-state index in [2.05, 4.69) is 32.9 Å². The van der Waals surface area contributed by atoms with Crippen LogP contribution in [0.5, 0.6) is 0 Å². The third kappa shape index (κ3) is 1.68. The molecular weight excluding hydrogens is 274 g/mol. The molecule has 0 aromatic heterocycles. The van der Waals surface area contributed by atoms with Crippen molar-refractivity contribution >= 4 is 12.0 Å². The van der Waals surface area contributed by atoms with Crippen molar-refractivity contribution in [2.75, 3.05) is 0 Å². The minimum absolute atomic E-state index is 0.0941. The summed E-state index contributed by atoms with van der Waals surface area (Å²) < 4.78 is 0. The molecule has 4 rings (SSSR count). The van der Waals surface area contributed by atoms with E-state index in [-0.39, 0.29) is 22.3 Å². The number of allylic oxidation sites excluding steroid dienone is 2. The standard InChI is InChI=1S/C19H27NO2/c1-17(2)14-6-8-18(3)7-5-13(21)9-15(18)19(14,4)10-12-11-20-22-16(12)17/h9,11-12,14,16H,5-8,10H2,1-4H3/t12?,14-,16?,18+,19-/m0/s1. The average Bonchev–Trinajstić information content (AvgIpc) is 2.89. The lowest BCUT2D eigenvalue weighted by Crippen LogP contribution is -2.58. The van der Waals surface area contributed by atoms with E-state index in [4.69, 9.17) is 4.84 Å². The largest absolute Gasteiger partial charge is 0.392 e. The molecule has 0 aromatic rings. The lowest BCUT2D eigenvalue weighted by atomic mass is 9.42. The van der Waals surface area contributed by atoms with Gasteiger partial charge in [0.05, 0.1) is 6.21 Å². The first kappa shape index (κ1) is 14.5. The summed E-state index contributed by atoms with van der Waals surface area (Å²) in [5.41, 5.74) is 1.85. The second kappa shape index (κ2) is 4.24. The molecule has 0 bridgehead atoms. The first-order valence-corrected chi connectivity index (χ1v) is 8.72. The molecule has 0 amide bonds. The van der Waals surface area contributed by atoms with Gasteiger partial charge >= 0.3 is 0 Å². The van der Waals surface area contributed by atoms with Crippen LogP contribution in [0.3, 0.4) is 0 Å². The van der Waals surface area contributed by atoms with Crippen molar-refractivity contribution in [1.82, 2.24) is 0 Å². The van der Waals surface area contributed by atoms with Crippen molar-refractivity contribution in [2.24, 2.45) is 33.2 Å². The molecule has 22 heavy (non-hydrogen) atoms. The van der Waals surface area contributed by atoms with E-state index in [1.54, 1.807) is 0 Å². The van der Waals surface area contributed by atoms with Crippen LogP contribution in [0.25, 0.3) is 0 Å². The molecule has 2 saturated carbocycles. The molecule has 0 spiro atoms. The van der Waals surface area contributed by atoms with Crippen molar-refractivity contribution < 1.29 is 9.63 Å². The van der Waals surface area contributed by atoms with Gasteiger partial charge in [0, 0.05) is 17.8 Å². The van der Waals surface area contributed by atoms with Crippen LogP contribution in [0.4, 0.5) is 0 Å². The fourth-order valence-corrected chi connectivity index (χ4v) is 6.34. The Bertz CT molecular complexity index is 590. The molecule has 0 saturated heterocycles. The topological polar surface area (TPSA) is 38.7 Å². The Hall–Kier alpha value is -1.12. The first-order chi connectivity index (χ1) is 10.3. The third-order valence-corrected chi connectivity index (χ3v) is 7.35. The number of ketones is 1. The SMILES string of the molecule is CC1(C)C2ON=CC2C[C@]2(C)C3=CC(=O)CC[C@]3(C)CC[C@@H]12. The molecule has 1 aliphatic heterocycles. The minimum Gasteiger partial charge on any atom is -0.392 e. The minimum atomic E-state index is 0.0941. The summed E-state index contributed by atoms with van der Waals surface area (Å²) in [5.74, 6) is 1.27. The molecule has 3 heteroatoms. The van der Waals surface area contributed by atoms with E-state index >= 15 is 0 Å². The number of nitrogens with zero attached hydrogens (tertiary/aromatic N) is 1. The maximum atomic E-state index is 12.1. The zero-order chi connectivity index (χ0) is 15.8. The zero-order valence-corrected chi connectivity index (χ0v) is 14.2. The van der Waals surface area contributed by atoms with E-state index in [0.29, 0.717) is 17.6 Å². The fourth-order valence-electron chi connectivity index (χ4n) is 6.34. The summed E-state index contributed by atoms with van der Waals surface area (Å²) in [6.45, 7) is 9.47. The maximum Gasteiger partial charge on any atom is 0.155 e. The fraction of sp³-hybridized carbons (Fsp3) is 0.789.